The molecule has 1 N–H and O–H groups in total. The molecule has 0 fully saturated rings. The highest BCUT2D eigenvalue weighted by molar-refractivity contribution is 7.52. The SMILES string of the molecule is CCCCCCCCN(CCCCCCCC)CP(=O)(O)OCCCCCC. The Morgan fingerprint density at radius 1 is 0.643 bits per heavy atom. The zero-order valence-electron chi connectivity index (χ0n) is 19.3. The topological polar surface area (TPSA) is 49.8 Å². The van der Waals surface area contributed by atoms with E-state index in [-0.39, 0.29) is 6.29 Å². The van der Waals surface area contributed by atoms with Crippen LogP contribution in [-0.2, 0) is 9.09 Å². The summed E-state index contributed by atoms with van der Waals surface area (Å²) in [6, 6.07) is 0. The molecule has 5 heteroatoms. The van der Waals surface area contributed by atoms with Crippen LogP contribution < -0.4 is 0 Å². The van der Waals surface area contributed by atoms with Crippen molar-refractivity contribution in [2.75, 3.05) is 26.0 Å². The van der Waals surface area contributed by atoms with E-state index in [0.29, 0.717) is 6.61 Å². The largest absolute Gasteiger partial charge is 0.341 e. The third-order valence-corrected chi connectivity index (χ3v) is 6.67. The standard InChI is InChI=1S/C23H50NO3P/c1-4-7-10-13-15-17-20-24(21-18-16-14-11-8-5-2)23-28(25,26)27-22-19-12-9-6-3/h4-23H2,1-3H3,(H,25,26). The summed E-state index contributed by atoms with van der Waals surface area (Å²) in [4.78, 5) is 12.5. The zero-order valence-corrected chi connectivity index (χ0v) is 20.2. The number of unbranched alkanes of at least 4 members (excludes halogenated alkanes) is 13. The van der Waals surface area contributed by atoms with E-state index in [1.54, 1.807) is 0 Å². The van der Waals surface area contributed by atoms with Crippen molar-refractivity contribution in [2.24, 2.45) is 0 Å². The Hall–Kier alpha value is 0.110. The predicted octanol–water partition coefficient (Wildman–Crippen LogP) is 7.75. The molecular weight excluding hydrogens is 369 g/mol. The molecule has 170 valence electrons. The van der Waals surface area contributed by atoms with Crippen LogP contribution in [0, 0.1) is 0 Å². The van der Waals surface area contributed by atoms with Crippen molar-refractivity contribution in [3.05, 3.63) is 0 Å². The van der Waals surface area contributed by atoms with Crippen LogP contribution in [0.4, 0.5) is 0 Å². The summed E-state index contributed by atoms with van der Waals surface area (Å²) in [7, 11) is -3.50. The summed E-state index contributed by atoms with van der Waals surface area (Å²) in [6.07, 6.45) is 19.6. The Kier molecular flexibility index (Phi) is 20.5. The smallest absolute Gasteiger partial charge is 0.323 e. The van der Waals surface area contributed by atoms with Crippen LogP contribution in [0.15, 0.2) is 0 Å². The van der Waals surface area contributed by atoms with E-state index in [2.05, 4.69) is 25.7 Å². The molecule has 0 amide bonds. The Labute approximate surface area is 176 Å². The monoisotopic (exact) mass is 419 g/mol. The molecule has 0 spiro atoms. The van der Waals surface area contributed by atoms with Gasteiger partial charge in [-0.3, -0.25) is 9.46 Å². The van der Waals surface area contributed by atoms with Crippen molar-refractivity contribution in [1.82, 2.24) is 4.90 Å². The summed E-state index contributed by atoms with van der Waals surface area (Å²) in [6.45, 7) is 8.90. The highest BCUT2D eigenvalue weighted by atomic mass is 31.2. The second-order valence-corrected chi connectivity index (χ2v) is 10.1. The summed E-state index contributed by atoms with van der Waals surface area (Å²) in [5.41, 5.74) is 0. The van der Waals surface area contributed by atoms with Crippen molar-refractivity contribution in [3.8, 4) is 0 Å². The molecule has 4 nitrogen and oxygen atoms in total. The maximum Gasteiger partial charge on any atom is 0.341 e. The lowest BCUT2D eigenvalue weighted by Crippen LogP contribution is -2.28. The summed E-state index contributed by atoms with van der Waals surface area (Å²) < 4.78 is 17.9. The predicted molar refractivity (Wildman–Crippen MR) is 123 cm³/mol. The van der Waals surface area contributed by atoms with Crippen molar-refractivity contribution in [2.45, 2.75) is 124 Å². The normalized spacial score (nSPS) is 13.9. The van der Waals surface area contributed by atoms with Gasteiger partial charge in [0.25, 0.3) is 0 Å². The second kappa shape index (κ2) is 20.4. The molecule has 0 aromatic rings. The van der Waals surface area contributed by atoms with Crippen LogP contribution in [0.5, 0.6) is 0 Å². The van der Waals surface area contributed by atoms with Gasteiger partial charge in [-0.2, -0.15) is 0 Å². The highest BCUT2D eigenvalue weighted by Gasteiger charge is 2.23. The highest BCUT2D eigenvalue weighted by Crippen LogP contribution is 2.42. The molecular formula is C23H50NO3P. The van der Waals surface area contributed by atoms with E-state index in [0.717, 1.165) is 38.8 Å². The van der Waals surface area contributed by atoms with E-state index in [9.17, 15) is 9.46 Å². The van der Waals surface area contributed by atoms with E-state index < -0.39 is 7.60 Å². The summed E-state index contributed by atoms with van der Waals surface area (Å²) >= 11 is 0. The third kappa shape index (κ3) is 19.4. The summed E-state index contributed by atoms with van der Waals surface area (Å²) in [5.74, 6) is 0. The van der Waals surface area contributed by atoms with Gasteiger partial charge in [-0.15, -0.1) is 0 Å². The first-order chi connectivity index (χ1) is 13.6. The van der Waals surface area contributed by atoms with Crippen LogP contribution in [0.25, 0.3) is 0 Å². The van der Waals surface area contributed by atoms with Gasteiger partial charge in [0.1, 0.15) is 6.29 Å². The van der Waals surface area contributed by atoms with Crippen LogP contribution in [0.3, 0.4) is 0 Å². The Bertz CT molecular complexity index is 350. The fourth-order valence-corrected chi connectivity index (χ4v) is 4.80. The van der Waals surface area contributed by atoms with Gasteiger partial charge < -0.3 is 9.42 Å². The molecule has 0 aromatic carbocycles. The number of hydrogen-bond donors (Lipinski definition) is 1. The molecule has 0 radical (unpaired) electrons. The number of hydrogen-bond acceptors (Lipinski definition) is 3. The van der Waals surface area contributed by atoms with Crippen molar-refractivity contribution in [1.29, 1.82) is 0 Å². The second-order valence-electron chi connectivity index (χ2n) is 8.33. The maximum atomic E-state index is 12.5. The first-order valence-corrected chi connectivity index (χ1v) is 14.0. The van der Waals surface area contributed by atoms with Crippen LogP contribution in [0.1, 0.15) is 124 Å². The first-order valence-electron chi connectivity index (χ1n) is 12.2. The maximum absolute atomic E-state index is 12.5. The molecule has 0 saturated carbocycles. The minimum absolute atomic E-state index is 0.199. The van der Waals surface area contributed by atoms with E-state index in [1.807, 2.05) is 0 Å². The van der Waals surface area contributed by atoms with E-state index in [1.165, 1.54) is 77.0 Å². The molecule has 0 bridgehead atoms. The molecule has 1 atom stereocenters. The Balaban J connectivity index is 4.21. The van der Waals surface area contributed by atoms with Gasteiger partial charge in [-0.1, -0.05) is 104 Å². The number of nitrogens with zero attached hydrogens (tertiary/aromatic N) is 1. The molecule has 0 saturated heterocycles. The van der Waals surface area contributed by atoms with Crippen molar-refractivity contribution < 1.29 is 14.0 Å². The first kappa shape index (κ1) is 28.1. The average molecular weight is 420 g/mol. The fourth-order valence-electron chi connectivity index (χ4n) is 3.51. The third-order valence-electron chi connectivity index (χ3n) is 5.33. The fraction of sp³-hybridized carbons (Fsp3) is 1.00. The van der Waals surface area contributed by atoms with Gasteiger partial charge in [0, 0.05) is 0 Å². The summed E-state index contributed by atoms with van der Waals surface area (Å²) in [5, 5.41) is 0. The molecule has 0 heterocycles. The van der Waals surface area contributed by atoms with E-state index in [4.69, 9.17) is 4.52 Å². The molecule has 0 rings (SSSR count). The van der Waals surface area contributed by atoms with Gasteiger partial charge >= 0.3 is 7.60 Å². The average Bonchev–Trinajstić information content (AvgIpc) is 2.66. The Morgan fingerprint density at radius 2 is 1.04 bits per heavy atom. The van der Waals surface area contributed by atoms with Gasteiger partial charge in [0.2, 0.25) is 0 Å². The lowest BCUT2D eigenvalue weighted by atomic mass is 10.1. The van der Waals surface area contributed by atoms with Crippen LogP contribution in [-0.4, -0.2) is 35.8 Å². The lowest BCUT2D eigenvalue weighted by Gasteiger charge is -2.24. The van der Waals surface area contributed by atoms with Crippen molar-refractivity contribution >= 4 is 7.60 Å². The molecule has 0 aliphatic rings. The van der Waals surface area contributed by atoms with Gasteiger partial charge in [-0.25, -0.2) is 0 Å². The quantitative estimate of drug-likeness (QED) is 0.144. The van der Waals surface area contributed by atoms with Gasteiger partial charge in [-0.05, 0) is 32.4 Å². The van der Waals surface area contributed by atoms with Crippen LogP contribution in [0.2, 0.25) is 0 Å². The minimum atomic E-state index is -3.50. The van der Waals surface area contributed by atoms with Gasteiger partial charge in [0.15, 0.2) is 0 Å². The van der Waals surface area contributed by atoms with Crippen molar-refractivity contribution in [3.63, 3.8) is 0 Å². The minimum Gasteiger partial charge on any atom is -0.323 e. The van der Waals surface area contributed by atoms with E-state index >= 15 is 0 Å². The lowest BCUT2D eigenvalue weighted by molar-refractivity contribution is 0.219. The molecule has 0 aliphatic carbocycles. The molecule has 28 heavy (non-hydrogen) atoms. The molecule has 0 aromatic heterocycles. The molecule has 0 aliphatic heterocycles. The molecule has 1 unspecified atom stereocenters. The van der Waals surface area contributed by atoms with Crippen LogP contribution >= 0.6 is 7.60 Å². The number of rotatable bonds is 22. The van der Waals surface area contributed by atoms with Gasteiger partial charge in [0.05, 0.1) is 6.61 Å². The Morgan fingerprint density at radius 3 is 1.50 bits per heavy atom. The zero-order chi connectivity index (χ0) is 20.9.